The van der Waals surface area contributed by atoms with Crippen LogP contribution in [-0.2, 0) is 21.2 Å². The molecule has 2 aromatic carbocycles. The highest BCUT2D eigenvalue weighted by Crippen LogP contribution is 2.27. The van der Waals surface area contributed by atoms with Gasteiger partial charge in [0.1, 0.15) is 5.75 Å². The van der Waals surface area contributed by atoms with E-state index in [0.29, 0.717) is 23.7 Å². The maximum absolute atomic E-state index is 12.5. The second-order valence-corrected chi connectivity index (χ2v) is 8.71. The second kappa shape index (κ2) is 9.82. The lowest BCUT2D eigenvalue weighted by atomic mass is 10.1. The lowest BCUT2D eigenvalue weighted by Crippen LogP contribution is -2.30. The first-order valence-electron chi connectivity index (χ1n) is 9.64. The van der Waals surface area contributed by atoms with Crippen LogP contribution in [0.5, 0.6) is 17.2 Å². The van der Waals surface area contributed by atoms with Crippen LogP contribution in [0, 0.1) is 0 Å². The molecule has 0 bridgehead atoms. The molecule has 0 aromatic heterocycles. The number of methoxy groups -OCH3 is 2. The second-order valence-electron chi connectivity index (χ2n) is 6.94. The fraction of sp³-hybridized carbons (Fsp3) is 0.381. The van der Waals surface area contributed by atoms with Gasteiger partial charge in [-0.25, -0.2) is 13.1 Å². The molecule has 0 atom stereocenters. The molecule has 0 radical (unpaired) electrons. The molecule has 2 N–H and O–H groups in total. The van der Waals surface area contributed by atoms with E-state index in [1.807, 2.05) is 12.1 Å². The zero-order valence-corrected chi connectivity index (χ0v) is 17.8. The van der Waals surface area contributed by atoms with Crippen LogP contribution < -0.4 is 24.2 Å². The van der Waals surface area contributed by atoms with Crippen LogP contribution in [0.15, 0.2) is 47.4 Å². The van der Waals surface area contributed by atoms with E-state index in [0.717, 1.165) is 18.4 Å². The molecular formula is C21H26N2O6S. The normalized spacial score (nSPS) is 13.5. The summed E-state index contributed by atoms with van der Waals surface area (Å²) in [6.07, 6.45) is 2.52. The van der Waals surface area contributed by atoms with Gasteiger partial charge in [0.2, 0.25) is 10.0 Å². The van der Waals surface area contributed by atoms with E-state index < -0.39 is 10.0 Å². The molecule has 3 rings (SSSR count). The monoisotopic (exact) mass is 434 g/mol. The van der Waals surface area contributed by atoms with E-state index in [4.69, 9.17) is 14.2 Å². The third-order valence-electron chi connectivity index (χ3n) is 4.60. The number of amides is 1. The lowest BCUT2D eigenvalue weighted by Gasteiger charge is -2.11. The van der Waals surface area contributed by atoms with E-state index in [9.17, 15) is 13.2 Å². The number of ether oxygens (including phenoxy) is 3. The molecule has 1 aliphatic carbocycles. The largest absolute Gasteiger partial charge is 0.493 e. The number of sulfonamides is 1. The predicted molar refractivity (Wildman–Crippen MR) is 112 cm³/mol. The molecule has 0 spiro atoms. The Morgan fingerprint density at radius 2 is 1.73 bits per heavy atom. The Morgan fingerprint density at radius 3 is 2.37 bits per heavy atom. The van der Waals surface area contributed by atoms with E-state index in [1.165, 1.54) is 24.3 Å². The third kappa shape index (κ3) is 6.11. The van der Waals surface area contributed by atoms with Crippen LogP contribution in [0.3, 0.4) is 0 Å². The average molecular weight is 435 g/mol. The minimum Gasteiger partial charge on any atom is -0.493 e. The molecule has 9 heteroatoms. The minimum absolute atomic E-state index is 0.0911. The molecule has 0 unspecified atom stereocenters. The predicted octanol–water partition coefficient (Wildman–Crippen LogP) is 1.88. The maximum atomic E-state index is 12.5. The van der Waals surface area contributed by atoms with Crippen molar-refractivity contribution in [1.29, 1.82) is 0 Å². The van der Waals surface area contributed by atoms with Gasteiger partial charge in [0.05, 0.1) is 19.1 Å². The van der Waals surface area contributed by atoms with Gasteiger partial charge in [0, 0.05) is 12.6 Å². The molecule has 0 heterocycles. The zero-order valence-electron chi connectivity index (χ0n) is 17.0. The number of carbonyl (C=O) groups is 1. The van der Waals surface area contributed by atoms with Crippen LogP contribution in [0.1, 0.15) is 18.4 Å². The van der Waals surface area contributed by atoms with Crippen molar-refractivity contribution in [2.45, 2.75) is 30.2 Å². The standard InChI is InChI=1S/C21H26N2O6S/c1-27-19-10-3-15(13-20(19)28-2)11-12-22-30(25,26)18-8-6-17(7-9-18)29-14-21(24)23-16-4-5-16/h3,6-10,13,16,22H,4-5,11-12,14H2,1-2H3,(H,23,24). The van der Waals surface area contributed by atoms with E-state index >= 15 is 0 Å². The SMILES string of the molecule is COc1ccc(CCNS(=O)(=O)c2ccc(OCC(=O)NC3CC3)cc2)cc1OC. The molecular weight excluding hydrogens is 408 g/mol. The van der Waals surface area contributed by atoms with Crippen LogP contribution >= 0.6 is 0 Å². The summed E-state index contributed by atoms with van der Waals surface area (Å²) < 4.78 is 43.4. The first-order chi connectivity index (χ1) is 14.4. The number of hydrogen-bond acceptors (Lipinski definition) is 6. The Hall–Kier alpha value is -2.78. The van der Waals surface area contributed by atoms with Gasteiger partial charge in [-0.1, -0.05) is 6.07 Å². The summed E-state index contributed by atoms with van der Waals surface area (Å²) in [7, 11) is -0.542. The Balaban J connectivity index is 1.50. The van der Waals surface area contributed by atoms with Crippen molar-refractivity contribution in [2.75, 3.05) is 27.4 Å². The highest BCUT2D eigenvalue weighted by Gasteiger charge is 2.23. The summed E-state index contributed by atoms with van der Waals surface area (Å²) in [6.45, 7) is 0.142. The summed E-state index contributed by atoms with van der Waals surface area (Å²) in [5.74, 6) is 1.48. The topological polar surface area (TPSA) is 103 Å². The summed E-state index contributed by atoms with van der Waals surface area (Å²) in [5, 5.41) is 2.83. The van der Waals surface area contributed by atoms with Gasteiger partial charge in [-0.15, -0.1) is 0 Å². The molecule has 1 aliphatic rings. The number of rotatable bonds is 11. The van der Waals surface area contributed by atoms with E-state index in [1.54, 1.807) is 20.3 Å². The van der Waals surface area contributed by atoms with Crippen molar-refractivity contribution in [3.05, 3.63) is 48.0 Å². The van der Waals surface area contributed by atoms with Gasteiger partial charge in [0.25, 0.3) is 5.91 Å². The molecule has 0 saturated heterocycles. The lowest BCUT2D eigenvalue weighted by molar-refractivity contribution is -0.123. The Kier molecular flexibility index (Phi) is 7.17. The Morgan fingerprint density at radius 1 is 1.03 bits per heavy atom. The van der Waals surface area contributed by atoms with Crippen molar-refractivity contribution in [3.8, 4) is 17.2 Å². The van der Waals surface area contributed by atoms with Gasteiger partial charge in [-0.2, -0.15) is 0 Å². The van der Waals surface area contributed by atoms with E-state index in [2.05, 4.69) is 10.0 Å². The van der Waals surface area contributed by atoms with Gasteiger partial charge < -0.3 is 19.5 Å². The number of benzene rings is 2. The summed E-state index contributed by atoms with van der Waals surface area (Å²) in [4.78, 5) is 11.8. The summed E-state index contributed by atoms with van der Waals surface area (Å²) in [5.41, 5.74) is 0.920. The number of carbonyl (C=O) groups excluding carboxylic acids is 1. The molecule has 1 saturated carbocycles. The Labute approximate surface area is 176 Å². The summed E-state index contributed by atoms with van der Waals surface area (Å²) in [6, 6.07) is 11.7. The van der Waals surface area contributed by atoms with Gasteiger partial charge in [-0.05, 0) is 61.2 Å². The molecule has 1 fully saturated rings. The quantitative estimate of drug-likeness (QED) is 0.560. The van der Waals surface area contributed by atoms with E-state index in [-0.39, 0.29) is 30.0 Å². The van der Waals surface area contributed by atoms with Crippen molar-refractivity contribution < 1.29 is 27.4 Å². The highest BCUT2D eigenvalue weighted by atomic mass is 32.2. The van der Waals surface area contributed by atoms with Crippen molar-refractivity contribution in [3.63, 3.8) is 0 Å². The number of nitrogens with one attached hydrogen (secondary N) is 2. The zero-order chi connectivity index (χ0) is 21.6. The Bertz CT molecular complexity index is 971. The van der Waals surface area contributed by atoms with Gasteiger partial charge >= 0.3 is 0 Å². The third-order valence-corrected chi connectivity index (χ3v) is 6.08. The smallest absolute Gasteiger partial charge is 0.258 e. The van der Waals surface area contributed by atoms with Crippen molar-refractivity contribution >= 4 is 15.9 Å². The first-order valence-corrected chi connectivity index (χ1v) is 11.1. The van der Waals surface area contributed by atoms with Crippen molar-refractivity contribution in [2.24, 2.45) is 0 Å². The van der Waals surface area contributed by atoms with Gasteiger partial charge in [-0.3, -0.25) is 4.79 Å². The summed E-state index contributed by atoms with van der Waals surface area (Å²) >= 11 is 0. The van der Waals surface area contributed by atoms with Crippen molar-refractivity contribution in [1.82, 2.24) is 10.0 Å². The van der Waals surface area contributed by atoms with Crippen LogP contribution in [0.2, 0.25) is 0 Å². The van der Waals surface area contributed by atoms with Gasteiger partial charge in [0.15, 0.2) is 18.1 Å². The molecule has 162 valence electrons. The molecule has 2 aromatic rings. The fourth-order valence-corrected chi connectivity index (χ4v) is 3.84. The molecule has 30 heavy (non-hydrogen) atoms. The fourth-order valence-electron chi connectivity index (χ4n) is 2.81. The number of hydrogen-bond donors (Lipinski definition) is 2. The van der Waals surface area contributed by atoms with Crippen LogP contribution in [-0.4, -0.2) is 47.7 Å². The minimum atomic E-state index is -3.66. The molecule has 8 nitrogen and oxygen atoms in total. The first kappa shape index (κ1) is 21.9. The highest BCUT2D eigenvalue weighted by molar-refractivity contribution is 7.89. The molecule has 1 amide bonds. The molecule has 0 aliphatic heterocycles. The average Bonchev–Trinajstić information content (AvgIpc) is 3.56. The van der Waals surface area contributed by atoms with Crippen LogP contribution in [0.25, 0.3) is 0 Å². The van der Waals surface area contributed by atoms with Crippen LogP contribution in [0.4, 0.5) is 0 Å². The maximum Gasteiger partial charge on any atom is 0.258 e.